The molecule has 0 bridgehead atoms. The molecule has 1 rings (SSSR count). The molecule has 5 nitrogen and oxygen atoms in total. The van der Waals surface area contributed by atoms with Gasteiger partial charge in [0.25, 0.3) is 0 Å². The van der Waals surface area contributed by atoms with E-state index in [4.69, 9.17) is 5.11 Å². The molecule has 0 aliphatic rings. The Morgan fingerprint density at radius 2 is 1.74 bits per heavy atom. The average molecular weight is 266 g/mol. The lowest BCUT2D eigenvalue weighted by atomic mass is 10.2. The van der Waals surface area contributed by atoms with Gasteiger partial charge in [-0.3, -0.25) is 0 Å². The van der Waals surface area contributed by atoms with E-state index in [2.05, 4.69) is 41.4 Å². The largest absolute Gasteiger partial charge is 0.396 e. The lowest BCUT2D eigenvalue weighted by Gasteiger charge is -2.12. The van der Waals surface area contributed by atoms with Gasteiger partial charge in [-0.2, -0.15) is 0 Å². The zero-order chi connectivity index (χ0) is 14.1. The first kappa shape index (κ1) is 15.7. The van der Waals surface area contributed by atoms with Crippen molar-refractivity contribution < 1.29 is 5.11 Å². The van der Waals surface area contributed by atoms with E-state index < -0.39 is 0 Å². The summed E-state index contributed by atoms with van der Waals surface area (Å²) in [6, 6.07) is 1.94. The smallest absolute Gasteiger partial charge is 0.135 e. The standard InChI is InChI=1S/C14H26N4O/c1-4-7-15-12-10-13(16-8-5-6-9-19)18-14(17-12)11(2)3/h10-11,19H,4-9H2,1-3H3,(H2,15,16,17,18). The Balaban J connectivity index is 2.69. The molecule has 0 saturated carbocycles. The van der Waals surface area contributed by atoms with E-state index in [0.29, 0.717) is 5.92 Å². The number of unbranched alkanes of at least 4 members (excludes halogenated alkanes) is 1. The van der Waals surface area contributed by atoms with Crippen molar-refractivity contribution in [1.29, 1.82) is 0 Å². The Kier molecular flexibility index (Phi) is 7.18. The normalized spacial score (nSPS) is 10.8. The molecule has 0 aliphatic carbocycles. The van der Waals surface area contributed by atoms with Gasteiger partial charge in [0, 0.05) is 31.7 Å². The van der Waals surface area contributed by atoms with E-state index in [1.165, 1.54) is 0 Å². The summed E-state index contributed by atoms with van der Waals surface area (Å²) in [6.07, 6.45) is 2.82. The van der Waals surface area contributed by atoms with Gasteiger partial charge in [-0.25, -0.2) is 9.97 Å². The quantitative estimate of drug-likeness (QED) is 0.599. The first-order valence-corrected chi connectivity index (χ1v) is 7.15. The molecule has 1 heterocycles. The molecule has 0 fully saturated rings. The van der Waals surface area contributed by atoms with E-state index >= 15 is 0 Å². The van der Waals surface area contributed by atoms with Crippen LogP contribution in [0.1, 0.15) is 51.8 Å². The third-order valence-corrected chi connectivity index (χ3v) is 2.71. The molecule has 19 heavy (non-hydrogen) atoms. The third-order valence-electron chi connectivity index (χ3n) is 2.71. The van der Waals surface area contributed by atoms with E-state index in [1.54, 1.807) is 0 Å². The van der Waals surface area contributed by atoms with Crippen LogP contribution < -0.4 is 10.6 Å². The molecule has 0 amide bonds. The minimum atomic E-state index is 0.242. The number of nitrogens with zero attached hydrogens (tertiary/aromatic N) is 2. The topological polar surface area (TPSA) is 70.1 Å². The zero-order valence-electron chi connectivity index (χ0n) is 12.2. The van der Waals surface area contributed by atoms with Crippen molar-refractivity contribution in [3.8, 4) is 0 Å². The molecule has 0 radical (unpaired) electrons. The molecule has 1 aromatic heterocycles. The molecular formula is C14H26N4O. The molecule has 1 aromatic rings. The van der Waals surface area contributed by atoms with E-state index in [1.807, 2.05) is 6.07 Å². The summed E-state index contributed by atoms with van der Waals surface area (Å²) in [7, 11) is 0. The number of aromatic nitrogens is 2. The highest BCUT2D eigenvalue weighted by Gasteiger charge is 2.07. The number of hydrogen-bond acceptors (Lipinski definition) is 5. The molecule has 0 unspecified atom stereocenters. The van der Waals surface area contributed by atoms with Crippen LogP contribution in [-0.4, -0.2) is 34.8 Å². The molecule has 108 valence electrons. The minimum Gasteiger partial charge on any atom is -0.396 e. The maximum absolute atomic E-state index is 8.76. The Morgan fingerprint density at radius 1 is 1.11 bits per heavy atom. The van der Waals surface area contributed by atoms with Crippen LogP contribution in [-0.2, 0) is 0 Å². The first-order chi connectivity index (χ1) is 9.17. The predicted molar refractivity (Wildman–Crippen MR) is 79.7 cm³/mol. The summed E-state index contributed by atoms with van der Waals surface area (Å²) in [6.45, 7) is 8.29. The SMILES string of the molecule is CCCNc1cc(NCCCCO)nc(C(C)C)n1. The molecule has 0 atom stereocenters. The van der Waals surface area contributed by atoms with Crippen molar-refractivity contribution in [3.63, 3.8) is 0 Å². The number of nitrogens with one attached hydrogen (secondary N) is 2. The van der Waals surface area contributed by atoms with Crippen LogP contribution in [0.4, 0.5) is 11.6 Å². The predicted octanol–water partition coefficient (Wildman–Crippen LogP) is 2.61. The molecule has 0 spiro atoms. The van der Waals surface area contributed by atoms with Crippen molar-refractivity contribution in [3.05, 3.63) is 11.9 Å². The number of hydrogen-bond donors (Lipinski definition) is 3. The van der Waals surface area contributed by atoms with Crippen molar-refractivity contribution in [2.24, 2.45) is 0 Å². The molecule has 0 aliphatic heterocycles. The van der Waals surface area contributed by atoms with Gasteiger partial charge in [-0.05, 0) is 19.3 Å². The molecular weight excluding hydrogens is 240 g/mol. The second-order valence-electron chi connectivity index (χ2n) is 4.94. The molecule has 3 N–H and O–H groups in total. The fourth-order valence-electron chi connectivity index (χ4n) is 1.61. The van der Waals surface area contributed by atoms with Crippen LogP contribution in [0, 0.1) is 0 Å². The maximum Gasteiger partial charge on any atom is 0.135 e. The Morgan fingerprint density at radius 3 is 2.26 bits per heavy atom. The molecule has 5 heteroatoms. The highest BCUT2D eigenvalue weighted by Crippen LogP contribution is 2.17. The van der Waals surface area contributed by atoms with Crippen LogP contribution in [0.25, 0.3) is 0 Å². The van der Waals surface area contributed by atoms with Gasteiger partial charge in [0.2, 0.25) is 0 Å². The highest BCUT2D eigenvalue weighted by atomic mass is 16.2. The van der Waals surface area contributed by atoms with Crippen LogP contribution >= 0.6 is 0 Å². The lowest BCUT2D eigenvalue weighted by Crippen LogP contribution is -2.10. The van der Waals surface area contributed by atoms with Crippen LogP contribution in [0.5, 0.6) is 0 Å². The van der Waals surface area contributed by atoms with Crippen LogP contribution in [0.3, 0.4) is 0 Å². The minimum absolute atomic E-state index is 0.242. The summed E-state index contributed by atoms with van der Waals surface area (Å²) in [5.74, 6) is 2.90. The second-order valence-corrected chi connectivity index (χ2v) is 4.94. The third kappa shape index (κ3) is 5.87. The van der Waals surface area contributed by atoms with Gasteiger partial charge in [0.05, 0.1) is 0 Å². The summed E-state index contributed by atoms with van der Waals surface area (Å²) in [4.78, 5) is 9.03. The van der Waals surface area contributed by atoms with Crippen LogP contribution in [0.2, 0.25) is 0 Å². The first-order valence-electron chi connectivity index (χ1n) is 7.15. The Hall–Kier alpha value is -1.36. The highest BCUT2D eigenvalue weighted by molar-refractivity contribution is 5.47. The van der Waals surface area contributed by atoms with E-state index in [0.717, 1.165) is 49.8 Å². The fourth-order valence-corrected chi connectivity index (χ4v) is 1.61. The Bertz CT molecular complexity index is 368. The average Bonchev–Trinajstić information content (AvgIpc) is 2.41. The Labute approximate surface area is 115 Å². The number of aliphatic hydroxyl groups is 1. The van der Waals surface area contributed by atoms with E-state index in [-0.39, 0.29) is 6.61 Å². The maximum atomic E-state index is 8.76. The van der Waals surface area contributed by atoms with Gasteiger partial charge in [0.1, 0.15) is 17.5 Å². The zero-order valence-corrected chi connectivity index (χ0v) is 12.2. The van der Waals surface area contributed by atoms with Crippen molar-refractivity contribution in [2.75, 3.05) is 30.3 Å². The summed E-state index contributed by atoms with van der Waals surface area (Å²) < 4.78 is 0. The van der Waals surface area contributed by atoms with Gasteiger partial charge >= 0.3 is 0 Å². The van der Waals surface area contributed by atoms with Gasteiger partial charge in [-0.15, -0.1) is 0 Å². The second kappa shape index (κ2) is 8.69. The fraction of sp³-hybridized carbons (Fsp3) is 0.714. The number of rotatable bonds is 9. The van der Waals surface area contributed by atoms with Crippen LogP contribution in [0.15, 0.2) is 6.07 Å². The lowest BCUT2D eigenvalue weighted by molar-refractivity contribution is 0.286. The van der Waals surface area contributed by atoms with Crippen molar-refractivity contribution in [2.45, 2.75) is 46.0 Å². The summed E-state index contributed by atoms with van der Waals surface area (Å²) in [5, 5.41) is 15.3. The number of anilines is 2. The van der Waals surface area contributed by atoms with Crippen molar-refractivity contribution >= 4 is 11.6 Å². The monoisotopic (exact) mass is 266 g/mol. The number of aliphatic hydroxyl groups excluding tert-OH is 1. The van der Waals surface area contributed by atoms with Crippen molar-refractivity contribution in [1.82, 2.24) is 9.97 Å². The van der Waals surface area contributed by atoms with Gasteiger partial charge in [-0.1, -0.05) is 20.8 Å². The van der Waals surface area contributed by atoms with E-state index in [9.17, 15) is 0 Å². The summed E-state index contributed by atoms with van der Waals surface area (Å²) >= 11 is 0. The molecule has 0 aromatic carbocycles. The van der Waals surface area contributed by atoms with Gasteiger partial charge in [0.15, 0.2) is 0 Å². The molecule has 0 saturated heterocycles. The van der Waals surface area contributed by atoms with Gasteiger partial charge < -0.3 is 15.7 Å². The summed E-state index contributed by atoms with van der Waals surface area (Å²) in [5.41, 5.74) is 0.